The fraction of sp³-hybridized carbons (Fsp3) is 0.786. The summed E-state index contributed by atoms with van der Waals surface area (Å²) in [7, 11) is 4.09. The molecule has 0 atom stereocenters. The van der Waals surface area contributed by atoms with Crippen LogP contribution in [0.4, 0.5) is 0 Å². The highest BCUT2D eigenvalue weighted by atomic mass is 16.1. The van der Waals surface area contributed by atoms with Gasteiger partial charge in [-0.2, -0.15) is 0 Å². The maximum absolute atomic E-state index is 11.5. The molecule has 0 spiro atoms. The lowest BCUT2D eigenvalue weighted by molar-refractivity contribution is -0.116. The maximum Gasteiger partial charge on any atom is 0.243 e. The third-order valence-electron chi connectivity index (χ3n) is 3.25. The molecule has 1 fully saturated rings. The zero-order valence-electron chi connectivity index (χ0n) is 11.2. The first-order chi connectivity index (χ1) is 8.18. The molecule has 0 aliphatic heterocycles. The third kappa shape index (κ3) is 7.16. The van der Waals surface area contributed by atoms with Gasteiger partial charge in [0.15, 0.2) is 0 Å². The first-order valence-corrected chi connectivity index (χ1v) is 6.79. The van der Waals surface area contributed by atoms with Gasteiger partial charge in [0.25, 0.3) is 0 Å². The molecule has 1 aliphatic carbocycles. The van der Waals surface area contributed by atoms with Crippen LogP contribution in [0.1, 0.15) is 38.5 Å². The Morgan fingerprint density at radius 1 is 1.29 bits per heavy atom. The van der Waals surface area contributed by atoms with Crippen LogP contribution in [0.2, 0.25) is 0 Å². The van der Waals surface area contributed by atoms with E-state index in [1.165, 1.54) is 32.1 Å². The third-order valence-corrected chi connectivity index (χ3v) is 3.25. The van der Waals surface area contributed by atoms with Crippen LogP contribution in [0.3, 0.4) is 0 Å². The Morgan fingerprint density at radius 2 is 2.00 bits per heavy atom. The van der Waals surface area contributed by atoms with Crippen molar-refractivity contribution in [3.63, 3.8) is 0 Å². The van der Waals surface area contributed by atoms with Gasteiger partial charge < -0.3 is 10.2 Å². The number of hydrogen-bond donors (Lipinski definition) is 1. The summed E-state index contributed by atoms with van der Waals surface area (Å²) in [6.45, 7) is 1.79. The molecule has 3 heteroatoms. The van der Waals surface area contributed by atoms with Crippen molar-refractivity contribution < 1.29 is 4.79 Å². The summed E-state index contributed by atoms with van der Waals surface area (Å²) >= 11 is 0. The van der Waals surface area contributed by atoms with Gasteiger partial charge in [0.2, 0.25) is 5.91 Å². The van der Waals surface area contributed by atoms with Crippen LogP contribution in [0.15, 0.2) is 12.2 Å². The number of nitrogens with zero attached hydrogens (tertiary/aromatic N) is 1. The summed E-state index contributed by atoms with van der Waals surface area (Å²) < 4.78 is 0. The molecule has 0 unspecified atom stereocenters. The van der Waals surface area contributed by atoms with E-state index >= 15 is 0 Å². The van der Waals surface area contributed by atoms with Gasteiger partial charge in [0.05, 0.1) is 0 Å². The highest BCUT2D eigenvalue weighted by Crippen LogP contribution is 2.24. The second kappa shape index (κ2) is 8.29. The van der Waals surface area contributed by atoms with Crippen molar-refractivity contribution >= 4 is 5.91 Å². The summed E-state index contributed by atoms with van der Waals surface area (Å²) in [5, 5.41) is 2.93. The van der Waals surface area contributed by atoms with E-state index in [0.29, 0.717) is 5.92 Å². The van der Waals surface area contributed by atoms with Crippen molar-refractivity contribution in [2.45, 2.75) is 38.5 Å². The van der Waals surface area contributed by atoms with Crippen molar-refractivity contribution in [2.24, 2.45) is 5.92 Å². The first kappa shape index (κ1) is 14.2. The van der Waals surface area contributed by atoms with E-state index in [-0.39, 0.29) is 5.91 Å². The SMILES string of the molecule is CN(C)CCCNC(=O)C=CC1CCCCC1. The van der Waals surface area contributed by atoms with Crippen LogP contribution in [0.25, 0.3) is 0 Å². The average molecular weight is 238 g/mol. The Hall–Kier alpha value is -0.830. The topological polar surface area (TPSA) is 32.3 Å². The van der Waals surface area contributed by atoms with Gasteiger partial charge in [0, 0.05) is 6.54 Å². The van der Waals surface area contributed by atoms with Gasteiger partial charge >= 0.3 is 0 Å². The van der Waals surface area contributed by atoms with E-state index in [4.69, 9.17) is 0 Å². The number of allylic oxidation sites excluding steroid dienone is 1. The van der Waals surface area contributed by atoms with Gasteiger partial charge in [-0.05, 0) is 51.9 Å². The minimum absolute atomic E-state index is 0.0642. The van der Waals surface area contributed by atoms with Gasteiger partial charge in [-0.3, -0.25) is 4.79 Å². The monoisotopic (exact) mass is 238 g/mol. The van der Waals surface area contributed by atoms with E-state index in [9.17, 15) is 4.79 Å². The summed E-state index contributed by atoms with van der Waals surface area (Å²) in [5.74, 6) is 0.700. The predicted octanol–water partition coefficient (Wildman–Crippen LogP) is 2.19. The molecule has 0 aromatic rings. The zero-order valence-corrected chi connectivity index (χ0v) is 11.2. The van der Waals surface area contributed by atoms with Gasteiger partial charge in [-0.1, -0.05) is 25.3 Å². The van der Waals surface area contributed by atoms with Crippen molar-refractivity contribution in [3.8, 4) is 0 Å². The fourth-order valence-corrected chi connectivity index (χ4v) is 2.22. The lowest BCUT2D eigenvalue weighted by atomic mass is 9.89. The number of carbonyl (C=O) groups excluding carboxylic acids is 1. The highest BCUT2D eigenvalue weighted by molar-refractivity contribution is 5.87. The van der Waals surface area contributed by atoms with Crippen molar-refractivity contribution in [1.82, 2.24) is 10.2 Å². The predicted molar refractivity (Wildman–Crippen MR) is 71.9 cm³/mol. The van der Waals surface area contributed by atoms with Crippen LogP contribution < -0.4 is 5.32 Å². The molecular formula is C14H26N2O. The second-order valence-corrected chi connectivity index (χ2v) is 5.21. The van der Waals surface area contributed by atoms with Crippen molar-refractivity contribution in [3.05, 3.63) is 12.2 Å². The van der Waals surface area contributed by atoms with Crippen LogP contribution in [-0.2, 0) is 4.79 Å². The Morgan fingerprint density at radius 3 is 2.65 bits per heavy atom. The van der Waals surface area contributed by atoms with E-state index < -0.39 is 0 Å². The van der Waals surface area contributed by atoms with E-state index in [1.807, 2.05) is 14.1 Å². The van der Waals surface area contributed by atoms with Crippen LogP contribution in [0.5, 0.6) is 0 Å². The molecule has 0 bridgehead atoms. The average Bonchev–Trinajstić information content (AvgIpc) is 2.33. The smallest absolute Gasteiger partial charge is 0.243 e. The summed E-state index contributed by atoms with van der Waals surface area (Å²) in [6.07, 6.45) is 11.3. The summed E-state index contributed by atoms with van der Waals surface area (Å²) in [5.41, 5.74) is 0. The summed E-state index contributed by atoms with van der Waals surface area (Å²) in [6, 6.07) is 0. The largest absolute Gasteiger partial charge is 0.353 e. The van der Waals surface area contributed by atoms with Crippen molar-refractivity contribution in [2.75, 3.05) is 27.2 Å². The molecular weight excluding hydrogens is 212 g/mol. The lowest BCUT2D eigenvalue weighted by Crippen LogP contribution is -2.25. The normalized spacial score (nSPS) is 17.8. The zero-order chi connectivity index (χ0) is 12.5. The minimum atomic E-state index is 0.0642. The molecule has 0 aromatic heterocycles. The molecule has 1 saturated carbocycles. The van der Waals surface area contributed by atoms with Gasteiger partial charge in [0.1, 0.15) is 0 Å². The number of rotatable bonds is 6. The number of amides is 1. The number of nitrogens with one attached hydrogen (secondary N) is 1. The Bertz CT molecular complexity index is 243. The molecule has 98 valence electrons. The molecule has 0 heterocycles. The molecule has 0 aromatic carbocycles. The van der Waals surface area contributed by atoms with Crippen LogP contribution in [0, 0.1) is 5.92 Å². The lowest BCUT2D eigenvalue weighted by Gasteiger charge is -2.17. The quantitative estimate of drug-likeness (QED) is 0.568. The molecule has 1 rings (SSSR count). The minimum Gasteiger partial charge on any atom is -0.353 e. The van der Waals surface area contributed by atoms with Crippen LogP contribution >= 0.6 is 0 Å². The number of hydrogen-bond acceptors (Lipinski definition) is 2. The molecule has 1 N–H and O–H groups in total. The Kier molecular flexibility index (Phi) is 6.94. The number of carbonyl (C=O) groups is 1. The standard InChI is InChI=1S/C14H26N2O/c1-16(2)12-6-11-15-14(17)10-9-13-7-4-3-5-8-13/h9-10,13H,3-8,11-12H2,1-2H3,(H,15,17). The van der Waals surface area contributed by atoms with E-state index in [0.717, 1.165) is 19.5 Å². The summed E-state index contributed by atoms with van der Waals surface area (Å²) in [4.78, 5) is 13.6. The highest BCUT2D eigenvalue weighted by Gasteiger charge is 2.10. The molecule has 17 heavy (non-hydrogen) atoms. The maximum atomic E-state index is 11.5. The molecule has 3 nitrogen and oxygen atoms in total. The molecule has 1 aliphatic rings. The Balaban J connectivity index is 2.09. The van der Waals surface area contributed by atoms with Crippen LogP contribution in [-0.4, -0.2) is 38.0 Å². The Labute approximate surface area is 105 Å². The van der Waals surface area contributed by atoms with Crippen molar-refractivity contribution in [1.29, 1.82) is 0 Å². The molecule has 0 radical (unpaired) electrons. The van der Waals surface area contributed by atoms with E-state index in [2.05, 4.69) is 16.3 Å². The van der Waals surface area contributed by atoms with Gasteiger partial charge in [-0.25, -0.2) is 0 Å². The van der Waals surface area contributed by atoms with E-state index in [1.54, 1.807) is 6.08 Å². The molecule has 1 amide bonds. The second-order valence-electron chi connectivity index (χ2n) is 5.21. The fourth-order valence-electron chi connectivity index (χ4n) is 2.22. The first-order valence-electron chi connectivity index (χ1n) is 6.79. The molecule has 0 saturated heterocycles. The van der Waals surface area contributed by atoms with Gasteiger partial charge in [-0.15, -0.1) is 0 Å².